The third-order valence-electron chi connectivity index (χ3n) is 2.99. The van der Waals surface area contributed by atoms with Crippen molar-refractivity contribution in [3.05, 3.63) is 16.6 Å². The highest BCUT2D eigenvalue weighted by Crippen LogP contribution is 2.18. The minimum Gasteiger partial charge on any atom is -0.444 e. The Labute approximate surface area is 128 Å². The maximum Gasteiger partial charge on any atom is 0.410 e. The van der Waals surface area contributed by atoms with Gasteiger partial charge >= 0.3 is 6.09 Å². The minimum atomic E-state index is -0.557. The first-order chi connectivity index (χ1) is 9.87. The molecule has 1 aromatic rings. The van der Waals surface area contributed by atoms with Crippen molar-refractivity contribution < 1.29 is 19.1 Å². The Bertz CT molecular complexity index is 496. The van der Waals surface area contributed by atoms with Crippen molar-refractivity contribution >= 4 is 23.2 Å². The van der Waals surface area contributed by atoms with Crippen LogP contribution in [0.2, 0.25) is 0 Å². The van der Waals surface area contributed by atoms with Gasteiger partial charge in [-0.05, 0) is 20.8 Å². The lowest BCUT2D eigenvalue weighted by atomic mass is 10.1. The zero-order valence-electron chi connectivity index (χ0n) is 12.5. The Morgan fingerprint density at radius 3 is 2.90 bits per heavy atom. The van der Waals surface area contributed by atoms with Crippen molar-refractivity contribution in [3.63, 3.8) is 0 Å². The summed E-state index contributed by atoms with van der Waals surface area (Å²) < 4.78 is 10.8. The Balaban J connectivity index is 2.02. The zero-order chi connectivity index (χ0) is 15.5. The molecule has 0 aromatic carbocycles. The first-order valence-corrected chi connectivity index (χ1v) is 7.80. The number of carbonyl (C=O) groups excluding carboxylic acids is 2. The highest BCUT2D eigenvalue weighted by Gasteiger charge is 2.32. The van der Waals surface area contributed by atoms with Crippen LogP contribution in [0.5, 0.6) is 0 Å². The third-order valence-corrected chi connectivity index (χ3v) is 3.58. The van der Waals surface area contributed by atoms with Crippen LogP contribution in [-0.4, -0.2) is 53.2 Å². The molecule has 1 aliphatic rings. The summed E-state index contributed by atoms with van der Waals surface area (Å²) in [5.41, 5.74) is 1.50. The van der Waals surface area contributed by atoms with E-state index < -0.39 is 11.7 Å². The van der Waals surface area contributed by atoms with E-state index in [1.54, 1.807) is 15.8 Å². The van der Waals surface area contributed by atoms with Crippen LogP contribution in [0.15, 0.2) is 10.9 Å². The summed E-state index contributed by atoms with van der Waals surface area (Å²) in [6.07, 6.45) is -0.204. The van der Waals surface area contributed by atoms with E-state index in [-0.39, 0.29) is 18.2 Å². The largest absolute Gasteiger partial charge is 0.444 e. The lowest BCUT2D eigenvalue weighted by Crippen LogP contribution is -2.51. The predicted molar refractivity (Wildman–Crippen MR) is 78.6 cm³/mol. The van der Waals surface area contributed by atoms with Crippen LogP contribution in [0.4, 0.5) is 4.79 Å². The standard InChI is InChI=1S/C14H20N2O4S/c1-14(2,3)20-13(18)16-4-5-19-7-10(16)6-12(17)11-8-21-9-15-11/h8-10H,4-7H2,1-3H3. The molecule has 1 amide bonds. The first kappa shape index (κ1) is 15.9. The first-order valence-electron chi connectivity index (χ1n) is 6.85. The molecule has 2 heterocycles. The van der Waals surface area contributed by atoms with Gasteiger partial charge in [0, 0.05) is 18.3 Å². The molecule has 1 unspecified atom stereocenters. The van der Waals surface area contributed by atoms with Crippen molar-refractivity contribution in [2.75, 3.05) is 19.8 Å². The molecular weight excluding hydrogens is 292 g/mol. The maximum atomic E-state index is 12.2. The summed E-state index contributed by atoms with van der Waals surface area (Å²) in [5, 5.41) is 1.71. The van der Waals surface area contributed by atoms with Crippen molar-refractivity contribution in [2.45, 2.75) is 38.8 Å². The molecule has 1 saturated heterocycles. The van der Waals surface area contributed by atoms with Crippen LogP contribution >= 0.6 is 11.3 Å². The molecule has 21 heavy (non-hydrogen) atoms. The van der Waals surface area contributed by atoms with Crippen molar-refractivity contribution in [1.82, 2.24) is 9.88 Å². The van der Waals surface area contributed by atoms with Crippen molar-refractivity contribution in [3.8, 4) is 0 Å². The van der Waals surface area contributed by atoms with Gasteiger partial charge in [0.2, 0.25) is 0 Å². The second-order valence-electron chi connectivity index (χ2n) is 5.90. The summed E-state index contributed by atoms with van der Waals surface area (Å²) in [6, 6.07) is -0.303. The molecule has 1 aliphatic heterocycles. The van der Waals surface area contributed by atoms with Gasteiger partial charge in [0.1, 0.15) is 11.3 Å². The number of hydrogen-bond acceptors (Lipinski definition) is 6. The van der Waals surface area contributed by atoms with Crippen LogP contribution in [0, 0.1) is 0 Å². The molecule has 0 bridgehead atoms. The van der Waals surface area contributed by atoms with E-state index in [4.69, 9.17) is 9.47 Å². The van der Waals surface area contributed by atoms with Gasteiger partial charge in [-0.2, -0.15) is 0 Å². The van der Waals surface area contributed by atoms with E-state index in [0.717, 1.165) is 0 Å². The molecule has 116 valence electrons. The third kappa shape index (κ3) is 4.50. The van der Waals surface area contributed by atoms with Gasteiger partial charge in [0.15, 0.2) is 5.78 Å². The van der Waals surface area contributed by atoms with Gasteiger partial charge in [-0.1, -0.05) is 0 Å². The fourth-order valence-corrected chi connectivity index (χ4v) is 2.61. The highest BCUT2D eigenvalue weighted by atomic mass is 32.1. The topological polar surface area (TPSA) is 68.7 Å². The smallest absolute Gasteiger partial charge is 0.410 e. The van der Waals surface area contributed by atoms with E-state index >= 15 is 0 Å². The zero-order valence-corrected chi connectivity index (χ0v) is 13.3. The van der Waals surface area contributed by atoms with Crippen LogP contribution in [-0.2, 0) is 9.47 Å². The Hall–Kier alpha value is -1.47. The number of thiazole rings is 1. The number of carbonyl (C=O) groups is 2. The van der Waals surface area contributed by atoms with E-state index in [1.165, 1.54) is 11.3 Å². The normalized spacial score (nSPS) is 19.4. The van der Waals surface area contributed by atoms with Gasteiger partial charge in [-0.15, -0.1) is 11.3 Å². The second-order valence-corrected chi connectivity index (χ2v) is 6.62. The highest BCUT2D eigenvalue weighted by molar-refractivity contribution is 7.07. The van der Waals surface area contributed by atoms with E-state index in [2.05, 4.69) is 4.98 Å². The number of amides is 1. The number of ether oxygens (including phenoxy) is 2. The van der Waals surface area contributed by atoms with Crippen molar-refractivity contribution in [1.29, 1.82) is 0 Å². The number of ketones is 1. The molecule has 1 fully saturated rings. The van der Waals surface area contributed by atoms with Gasteiger partial charge in [0.05, 0.1) is 24.8 Å². The average Bonchev–Trinajstić information content (AvgIpc) is 2.91. The van der Waals surface area contributed by atoms with Gasteiger partial charge < -0.3 is 14.4 Å². The number of hydrogen-bond donors (Lipinski definition) is 0. The molecule has 0 saturated carbocycles. The number of aromatic nitrogens is 1. The van der Waals surface area contributed by atoms with E-state index in [1.807, 2.05) is 20.8 Å². The number of morpholine rings is 1. The van der Waals surface area contributed by atoms with Gasteiger partial charge in [-0.25, -0.2) is 9.78 Å². The fraction of sp³-hybridized carbons (Fsp3) is 0.643. The molecule has 0 aliphatic carbocycles. The van der Waals surface area contributed by atoms with E-state index in [9.17, 15) is 9.59 Å². The number of rotatable bonds is 3. The summed E-state index contributed by atoms with van der Waals surface area (Å²) >= 11 is 1.38. The maximum absolute atomic E-state index is 12.2. The molecule has 1 atom stereocenters. The molecule has 6 nitrogen and oxygen atoms in total. The summed E-state index contributed by atoms with van der Waals surface area (Å²) in [4.78, 5) is 29.9. The average molecular weight is 312 g/mol. The second kappa shape index (κ2) is 6.53. The number of Topliss-reactive ketones (excluding diaryl/α,β-unsaturated/α-hetero) is 1. The fourth-order valence-electron chi connectivity index (χ4n) is 2.05. The van der Waals surface area contributed by atoms with Crippen molar-refractivity contribution in [2.24, 2.45) is 0 Å². The SMILES string of the molecule is CC(C)(C)OC(=O)N1CCOCC1CC(=O)c1cscn1. The summed E-state index contributed by atoms with van der Waals surface area (Å²) in [6.45, 7) is 6.70. The lowest BCUT2D eigenvalue weighted by molar-refractivity contribution is -0.0322. The van der Waals surface area contributed by atoms with Gasteiger partial charge in [-0.3, -0.25) is 4.79 Å². The van der Waals surface area contributed by atoms with Crippen LogP contribution < -0.4 is 0 Å². The molecule has 0 N–H and O–H groups in total. The monoisotopic (exact) mass is 312 g/mol. The van der Waals surface area contributed by atoms with Crippen LogP contribution in [0.25, 0.3) is 0 Å². The van der Waals surface area contributed by atoms with Crippen LogP contribution in [0.3, 0.4) is 0 Å². The molecule has 0 radical (unpaired) electrons. The number of nitrogens with zero attached hydrogens (tertiary/aromatic N) is 2. The quantitative estimate of drug-likeness (QED) is 0.801. The summed E-state index contributed by atoms with van der Waals surface area (Å²) in [5.74, 6) is -0.0830. The predicted octanol–water partition coefficient (Wildman–Crippen LogP) is 2.35. The van der Waals surface area contributed by atoms with E-state index in [0.29, 0.717) is 25.5 Å². The molecule has 0 spiro atoms. The lowest BCUT2D eigenvalue weighted by Gasteiger charge is -2.36. The summed E-state index contributed by atoms with van der Waals surface area (Å²) in [7, 11) is 0. The Morgan fingerprint density at radius 1 is 1.52 bits per heavy atom. The Kier molecular flexibility index (Phi) is 4.95. The molecule has 7 heteroatoms. The minimum absolute atomic E-state index is 0.0830. The molecule has 1 aromatic heterocycles. The Morgan fingerprint density at radius 2 is 2.29 bits per heavy atom. The molecule has 2 rings (SSSR count). The molecular formula is C14H20N2O4S. The van der Waals surface area contributed by atoms with Gasteiger partial charge in [0.25, 0.3) is 0 Å². The van der Waals surface area contributed by atoms with Crippen LogP contribution in [0.1, 0.15) is 37.7 Å².